The smallest absolute Gasteiger partial charge is 0.161 e. The lowest BCUT2D eigenvalue weighted by Gasteiger charge is -2.14. The van der Waals surface area contributed by atoms with Crippen LogP contribution < -0.4 is 9.47 Å². The summed E-state index contributed by atoms with van der Waals surface area (Å²) in [6.45, 7) is 5.63. The van der Waals surface area contributed by atoms with Gasteiger partial charge in [0.25, 0.3) is 0 Å². The van der Waals surface area contributed by atoms with Crippen molar-refractivity contribution in [2.75, 3.05) is 19.0 Å². The van der Waals surface area contributed by atoms with Crippen molar-refractivity contribution in [2.45, 2.75) is 31.6 Å². The number of aliphatic hydroxyl groups excluding tert-OH is 1. The molecule has 0 bridgehead atoms. The van der Waals surface area contributed by atoms with Crippen molar-refractivity contribution in [1.82, 2.24) is 0 Å². The summed E-state index contributed by atoms with van der Waals surface area (Å²) in [5.74, 6) is 2.23. The lowest BCUT2D eigenvalue weighted by atomic mass is 10.1. The highest BCUT2D eigenvalue weighted by molar-refractivity contribution is 7.99. The fraction of sp³-hybridized carbons (Fsp3) is 0.571. The highest BCUT2D eigenvalue weighted by Crippen LogP contribution is 2.33. The molecule has 1 unspecified atom stereocenters. The number of ether oxygens (including phenoxy) is 2. The van der Waals surface area contributed by atoms with Gasteiger partial charge >= 0.3 is 0 Å². The average Bonchev–Trinajstić information content (AvgIpc) is 2.60. The van der Waals surface area contributed by atoms with Crippen LogP contribution in [0.25, 0.3) is 0 Å². The van der Waals surface area contributed by atoms with E-state index in [4.69, 9.17) is 9.47 Å². The second-order valence-corrected chi connectivity index (χ2v) is 6.26. The average molecular weight is 268 g/mol. The second-order valence-electron chi connectivity index (χ2n) is 4.65. The molecule has 0 aliphatic carbocycles. The zero-order valence-electron chi connectivity index (χ0n) is 10.9. The van der Waals surface area contributed by atoms with Gasteiger partial charge in [-0.1, -0.05) is 19.9 Å². The molecule has 1 atom stereocenters. The quantitative estimate of drug-likeness (QED) is 0.911. The molecule has 1 N–H and O–H groups in total. The van der Waals surface area contributed by atoms with E-state index in [2.05, 4.69) is 13.8 Å². The van der Waals surface area contributed by atoms with E-state index in [0.717, 1.165) is 23.5 Å². The SMILES string of the molecule is CC(C)SCC(O)c1ccc2c(c1)OCCCO2. The maximum Gasteiger partial charge on any atom is 0.161 e. The zero-order chi connectivity index (χ0) is 13.0. The molecule has 0 amide bonds. The molecule has 1 heterocycles. The molecule has 0 spiro atoms. The minimum Gasteiger partial charge on any atom is -0.490 e. The molecule has 18 heavy (non-hydrogen) atoms. The minimum absolute atomic E-state index is 0.449. The molecular weight excluding hydrogens is 248 g/mol. The van der Waals surface area contributed by atoms with Crippen molar-refractivity contribution in [3.8, 4) is 11.5 Å². The van der Waals surface area contributed by atoms with E-state index in [9.17, 15) is 5.11 Å². The van der Waals surface area contributed by atoms with Crippen molar-refractivity contribution in [3.05, 3.63) is 23.8 Å². The summed E-state index contributed by atoms with van der Waals surface area (Å²) in [5, 5.41) is 10.7. The summed E-state index contributed by atoms with van der Waals surface area (Å²) >= 11 is 1.75. The molecule has 1 aliphatic heterocycles. The molecule has 0 fully saturated rings. The van der Waals surface area contributed by atoms with E-state index in [1.165, 1.54) is 0 Å². The molecule has 1 aromatic carbocycles. The molecule has 3 nitrogen and oxygen atoms in total. The van der Waals surface area contributed by atoms with Crippen LogP contribution >= 0.6 is 11.8 Å². The van der Waals surface area contributed by atoms with Gasteiger partial charge in [-0.3, -0.25) is 0 Å². The summed E-state index contributed by atoms with van der Waals surface area (Å²) in [4.78, 5) is 0. The van der Waals surface area contributed by atoms with Crippen LogP contribution in [0.2, 0.25) is 0 Å². The van der Waals surface area contributed by atoms with E-state index < -0.39 is 6.10 Å². The van der Waals surface area contributed by atoms with E-state index in [1.54, 1.807) is 11.8 Å². The van der Waals surface area contributed by atoms with Gasteiger partial charge in [0, 0.05) is 12.2 Å². The van der Waals surface area contributed by atoms with E-state index >= 15 is 0 Å². The predicted molar refractivity (Wildman–Crippen MR) is 74.6 cm³/mol. The Morgan fingerprint density at radius 1 is 1.22 bits per heavy atom. The van der Waals surface area contributed by atoms with Crippen LogP contribution in [-0.4, -0.2) is 29.3 Å². The van der Waals surface area contributed by atoms with Crippen LogP contribution in [0.5, 0.6) is 11.5 Å². The van der Waals surface area contributed by atoms with Crippen molar-refractivity contribution < 1.29 is 14.6 Å². The number of thioether (sulfide) groups is 1. The molecule has 0 radical (unpaired) electrons. The molecule has 2 rings (SSSR count). The third-order valence-corrected chi connectivity index (χ3v) is 3.92. The van der Waals surface area contributed by atoms with Crippen LogP contribution in [-0.2, 0) is 0 Å². The molecule has 1 aliphatic rings. The number of fused-ring (bicyclic) bond motifs is 1. The van der Waals surface area contributed by atoms with E-state index in [0.29, 0.717) is 24.2 Å². The predicted octanol–water partition coefficient (Wildman–Crippen LogP) is 3.02. The molecule has 0 aromatic heterocycles. The Hall–Kier alpha value is -0.870. The number of rotatable bonds is 4. The Morgan fingerprint density at radius 2 is 1.94 bits per heavy atom. The molecule has 1 aromatic rings. The Kier molecular flexibility index (Phi) is 4.78. The van der Waals surface area contributed by atoms with Crippen molar-refractivity contribution in [2.24, 2.45) is 0 Å². The third kappa shape index (κ3) is 3.56. The van der Waals surface area contributed by atoms with Crippen LogP contribution in [0.15, 0.2) is 18.2 Å². The molecule has 0 saturated heterocycles. The summed E-state index contributed by atoms with van der Waals surface area (Å²) in [6.07, 6.45) is 0.449. The normalized spacial score (nSPS) is 16.4. The third-order valence-electron chi connectivity index (χ3n) is 2.74. The lowest BCUT2D eigenvalue weighted by molar-refractivity contribution is 0.203. The van der Waals surface area contributed by atoms with Crippen LogP contribution in [0.4, 0.5) is 0 Å². The maximum atomic E-state index is 10.1. The van der Waals surface area contributed by atoms with E-state index in [-0.39, 0.29) is 0 Å². The number of hydrogen-bond acceptors (Lipinski definition) is 4. The van der Waals surface area contributed by atoms with Crippen LogP contribution in [0, 0.1) is 0 Å². The van der Waals surface area contributed by atoms with E-state index in [1.807, 2.05) is 18.2 Å². The van der Waals surface area contributed by atoms with Gasteiger partial charge in [0.1, 0.15) is 0 Å². The summed E-state index contributed by atoms with van der Waals surface area (Å²) < 4.78 is 11.2. The highest BCUT2D eigenvalue weighted by Gasteiger charge is 2.15. The fourth-order valence-electron chi connectivity index (χ4n) is 1.77. The van der Waals surface area contributed by atoms with Crippen LogP contribution in [0.1, 0.15) is 31.9 Å². The lowest BCUT2D eigenvalue weighted by Crippen LogP contribution is -2.04. The Morgan fingerprint density at radius 3 is 2.67 bits per heavy atom. The van der Waals surface area contributed by atoms with Crippen molar-refractivity contribution >= 4 is 11.8 Å². The van der Waals surface area contributed by atoms with Gasteiger partial charge in [0.2, 0.25) is 0 Å². The number of hydrogen-bond donors (Lipinski definition) is 1. The highest BCUT2D eigenvalue weighted by atomic mass is 32.2. The first-order chi connectivity index (χ1) is 8.66. The van der Waals surface area contributed by atoms with Crippen LogP contribution in [0.3, 0.4) is 0 Å². The van der Waals surface area contributed by atoms with Gasteiger partial charge < -0.3 is 14.6 Å². The molecule has 100 valence electrons. The Labute approximate surface area is 112 Å². The molecular formula is C14H20O3S. The molecule has 4 heteroatoms. The number of aliphatic hydroxyl groups is 1. The summed E-state index contributed by atoms with van der Waals surface area (Å²) in [5.41, 5.74) is 0.896. The largest absolute Gasteiger partial charge is 0.490 e. The van der Waals surface area contributed by atoms with Gasteiger partial charge in [-0.15, -0.1) is 0 Å². The van der Waals surface area contributed by atoms with Gasteiger partial charge in [-0.2, -0.15) is 11.8 Å². The Balaban J connectivity index is 2.07. The maximum absolute atomic E-state index is 10.1. The zero-order valence-corrected chi connectivity index (χ0v) is 11.7. The summed E-state index contributed by atoms with van der Waals surface area (Å²) in [6, 6.07) is 5.70. The van der Waals surface area contributed by atoms with Crippen molar-refractivity contribution in [1.29, 1.82) is 0 Å². The second kappa shape index (κ2) is 6.34. The van der Waals surface area contributed by atoms with Gasteiger partial charge in [0.05, 0.1) is 19.3 Å². The van der Waals surface area contributed by atoms with Crippen molar-refractivity contribution in [3.63, 3.8) is 0 Å². The van der Waals surface area contributed by atoms with Gasteiger partial charge in [0.15, 0.2) is 11.5 Å². The van der Waals surface area contributed by atoms with Gasteiger partial charge in [-0.05, 0) is 22.9 Å². The number of benzene rings is 1. The first-order valence-electron chi connectivity index (χ1n) is 6.36. The molecule has 0 saturated carbocycles. The first-order valence-corrected chi connectivity index (χ1v) is 7.41. The van der Waals surface area contributed by atoms with Gasteiger partial charge in [-0.25, -0.2) is 0 Å². The minimum atomic E-state index is -0.449. The standard InChI is InChI=1S/C14H20O3S/c1-10(2)18-9-12(15)11-4-5-13-14(8-11)17-7-3-6-16-13/h4-5,8,10,12,15H,3,6-7,9H2,1-2H3. The topological polar surface area (TPSA) is 38.7 Å². The fourth-order valence-corrected chi connectivity index (χ4v) is 2.53. The Bertz CT molecular complexity index is 393. The first kappa shape index (κ1) is 13.6. The monoisotopic (exact) mass is 268 g/mol. The summed E-state index contributed by atoms with van der Waals surface area (Å²) in [7, 11) is 0.